The Bertz CT molecular complexity index is 1030. The second-order valence-electron chi connectivity index (χ2n) is 7.76. The predicted octanol–water partition coefficient (Wildman–Crippen LogP) is 1.34. The molecule has 1 amide bonds. The number of halogens is 2. The van der Waals surface area contributed by atoms with Gasteiger partial charge in [-0.15, -0.1) is 0 Å². The molecule has 0 bridgehead atoms. The number of hydrogen-bond acceptors (Lipinski definition) is 11. The van der Waals surface area contributed by atoms with E-state index in [1.807, 2.05) is 23.6 Å². The Hall–Kier alpha value is -3.55. The number of amides is 1. The first-order valence-corrected chi connectivity index (χ1v) is 11.9. The Kier molecular flexibility index (Phi) is 9.73. The molecule has 0 unspecified atom stereocenters. The highest BCUT2D eigenvalue weighted by molar-refractivity contribution is 5.78. The van der Waals surface area contributed by atoms with Gasteiger partial charge in [0.05, 0.1) is 18.8 Å². The third-order valence-electron chi connectivity index (χ3n) is 5.58. The van der Waals surface area contributed by atoms with Crippen LogP contribution >= 0.6 is 0 Å². The van der Waals surface area contributed by atoms with Gasteiger partial charge in [-0.05, 0) is 0 Å². The Morgan fingerprint density at radius 3 is 2.22 bits per heavy atom. The van der Waals surface area contributed by atoms with Gasteiger partial charge in [0.15, 0.2) is 5.82 Å². The van der Waals surface area contributed by atoms with E-state index in [1.165, 1.54) is 6.20 Å². The van der Waals surface area contributed by atoms with E-state index in [0.717, 1.165) is 6.29 Å². The van der Waals surface area contributed by atoms with Crippen molar-refractivity contribution in [1.29, 1.82) is 0 Å². The lowest BCUT2D eigenvalue weighted by atomic mass is 10.2. The summed E-state index contributed by atoms with van der Waals surface area (Å²) in [7, 11) is 0. The fourth-order valence-electron chi connectivity index (χ4n) is 3.76. The number of alkyl halides is 2. The largest absolute Gasteiger partial charge is 0.378 e. The maximum atomic E-state index is 13.7. The zero-order valence-corrected chi connectivity index (χ0v) is 20.4. The number of nitrogen functional groups attached to an aromatic ring is 1. The number of hydrogen-bond donors (Lipinski definition) is 1. The van der Waals surface area contributed by atoms with Crippen molar-refractivity contribution >= 4 is 30.0 Å². The summed E-state index contributed by atoms with van der Waals surface area (Å²) in [5.74, 6) is 0.314. The highest BCUT2D eigenvalue weighted by Crippen LogP contribution is 2.30. The molecule has 0 aromatic carbocycles. The van der Waals surface area contributed by atoms with E-state index in [0.29, 0.717) is 64.4 Å². The molecular formula is C22H31F2N9O3. The monoisotopic (exact) mass is 507 g/mol. The van der Waals surface area contributed by atoms with Crippen molar-refractivity contribution < 1.29 is 23.1 Å². The maximum absolute atomic E-state index is 13.7. The first kappa shape index (κ1) is 27.0. The molecule has 0 saturated carbocycles. The van der Waals surface area contributed by atoms with Gasteiger partial charge in [0.25, 0.3) is 6.43 Å². The number of carbonyl (C=O) groups excluding carboxylic acids is 2. The average Bonchev–Trinajstić information content (AvgIpc) is 2.93. The van der Waals surface area contributed by atoms with Crippen LogP contribution in [0, 0.1) is 0 Å². The molecule has 196 valence electrons. The van der Waals surface area contributed by atoms with Crippen molar-refractivity contribution in [3.63, 3.8) is 0 Å². The van der Waals surface area contributed by atoms with Gasteiger partial charge < -0.3 is 30.0 Å². The van der Waals surface area contributed by atoms with Gasteiger partial charge in [0.2, 0.25) is 23.8 Å². The van der Waals surface area contributed by atoms with Crippen molar-refractivity contribution in [2.75, 3.05) is 68.0 Å². The standard InChI is InChI=1S/C20H25F2N9O3.C2H6/c21-16(22)15-13(12-24-18(23)25-15)17-26-19(28-20(27-17)31-7-10-34-11-8-31)30-5-3-29(4-6-30)14(33)2-1-9-32;1-2/h9,12,16H,1-8,10-11H2,(H2,23,24,25);1-2H3. The highest BCUT2D eigenvalue weighted by Gasteiger charge is 2.27. The number of aldehydes is 1. The van der Waals surface area contributed by atoms with Crippen LogP contribution in [0.25, 0.3) is 11.4 Å². The van der Waals surface area contributed by atoms with E-state index in [-0.39, 0.29) is 36.1 Å². The van der Waals surface area contributed by atoms with Crippen LogP contribution in [0.4, 0.5) is 26.6 Å². The molecule has 2 fully saturated rings. The maximum Gasteiger partial charge on any atom is 0.281 e. The van der Waals surface area contributed by atoms with E-state index >= 15 is 0 Å². The van der Waals surface area contributed by atoms with Gasteiger partial charge in [-0.2, -0.15) is 15.0 Å². The van der Waals surface area contributed by atoms with Gasteiger partial charge >= 0.3 is 0 Å². The minimum atomic E-state index is -2.90. The number of nitrogens with two attached hydrogens (primary N) is 1. The van der Waals surface area contributed by atoms with Crippen molar-refractivity contribution in [1.82, 2.24) is 29.8 Å². The summed E-state index contributed by atoms with van der Waals surface area (Å²) in [4.78, 5) is 49.3. The number of carbonyl (C=O) groups is 2. The molecule has 4 rings (SSSR count). The molecule has 14 heteroatoms. The minimum Gasteiger partial charge on any atom is -0.378 e. The van der Waals surface area contributed by atoms with Crippen molar-refractivity contribution in [2.45, 2.75) is 33.1 Å². The molecule has 4 heterocycles. The first-order valence-electron chi connectivity index (χ1n) is 11.9. The normalized spacial score (nSPS) is 16.0. The van der Waals surface area contributed by atoms with Gasteiger partial charge in [-0.1, -0.05) is 13.8 Å². The molecule has 2 aliphatic rings. The summed E-state index contributed by atoms with van der Waals surface area (Å²) < 4.78 is 32.8. The second kappa shape index (κ2) is 13.0. The van der Waals surface area contributed by atoms with Crippen LogP contribution in [0.15, 0.2) is 6.20 Å². The zero-order chi connectivity index (χ0) is 26.1. The minimum absolute atomic E-state index is 0.0197. The topological polar surface area (TPSA) is 144 Å². The number of rotatable bonds is 7. The smallest absolute Gasteiger partial charge is 0.281 e. The molecule has 2 aromatic rings. The van der Waals surface area contributed by atoms with Crippen LogP contribution in [0.3, 0.4) is 0 Å². The van der Waals surface area contributed by atoms with Crippen LogP contribution in [-0.4, -0.2) is 94.5 Å². The lowest BCUT2D eigenvalue weighted by molar-refractivity contribution is -0.132. The second-order valence-corrected chi connectivity index (χ2v) is 7.76. The van der Waals surface area contributed by atoms with Gasteiger partial charge in [0.1, 0.15) is 12.0 Å². The molecule has 0 radical (unpaired) electrons. The van der Waals surface area contributed by atoms with E-state index in [2.05, 4.69) is 24.9 Å². The van der Waals surface area contributed by atoms with E-state index in [9.17, 15) is 18.4 Å². The predicted molar refractivity (Wildman–Crippen MR) is 129 cm³/mol. The summed E-state index contributed by atoms with van der Waals surface area (Å²) in [5.41, 5.74) is 4.94. The summed E-state index contributed by atoms with van der Waals surface area (Å²) in [6, 6.07) is 0. The molecular weight excluding hydrogens is 476 g/mol. The summed E-state index contributed by atoms with van der Waals surface area (Å²) in [5, 5.41) is 0. The fourth-order valence-corrected chi connectivity index (χ4v) is 3.76. The molecule has 2 N–H and O–H groups in total. The van der Waals surface area contributed by atoms with E-state index in [1.54, 1.807) is 4.90 Å². The fraction of sp³-hybridized carbons (Fsp3) is 0.591. The number of morpholine rings is 1. The third-order valence-corrected chi connectivity index (χ3v) is 5.58. The van der Waals surface area contributed by atoms with Gasteiger partial charge in [0, 0.05) is 58.3 Å². The Labute approximate surface area is 207 Å². The lowest BCUT2D eigenvalue weighted by Crippen LogP contribution is -2.49. The summed E-state index contributed by atoms with van der Waals surface area (Å²) in [6.07, 6.45) is -0.616. The number of ether oxygens (including phenoxy) is 1. The first-order chi connectivity index (χ1) is 17.5. The van der Waals surface area contributed by atoms with Crippen LogP contribution in [-0.2, 0) is 14.3 Å². The Morgan fingerprint density at radius 1 is 1.03 bits per heavy atom. The van der Waals surface area contributed by atoms with E-state index < -0.39 is 12.1 Å². The third kappa shape index (κ3) is 6.56. The average molecular weight is 508 g/mol. The molecule has 0 spiro atoms. The highest BCUT2D eigenvalue weighted by atomic mass is 19.3. The van der Waals surface area contributed by atoms with E-state index in [4.69, 9.17) is 10.5 Å². The lowest BCUT2D eigenvalue weighted by Gasteiger charge is -2.35. The SMILES string of the molecule is CC.Nc1ncc(-c2nc(N3CCOCC3)nc(N3CCN(C(=O)CCC=O)CC3)n2)c(C(F)F)n1. The summed E-state index contributed by atoms with van der Waals surface area (Å²) in [6.45, 7) is 7.81. The van der Waals surface area contributed by atoms with Crippen LogP contribution in [0.2, 0.25) is 0 Å². The van der Waals surface area contributed by atoms with Gasteiger partial charge in [-0.25, -0.2) is 18.7 Å². The van der Waals surface area contributed by atoms with Crippen LogP contribution in [0.1, 0.15) is 38.8 Å². The van der Waals surface area contributed by atoms with Crippen molar-refractivity contribution in [3.05, 3.63) is 11.9 Å². The Balaban J connectivity index is 0.00000176. The molecule has 2 saturated heterocycles. The van der Waals surface area contributed by atoms with Gasteiger partial charge in [-0.3, -0.25) is 4.79 Å². The van der Waals surface area contributed by atoms with Crippen LogP contribution < -0.4 is 15.5 Å². The molecule has 0 aliphatic carbocycles. The van der Waals surface area contributed by atoms with Crippen molar-refractivity contribution in [3.8, 4) is 11.4 Å². The number of anilines is 3. The molecule has 0 atom stereocenters. The molecule has 12 nitrogen and oxygen atoms in total. The zero-order valence-electron chi connectivity index (χ0n) is 20.4. The summed E-state index contributed by atoms with van der Waals surface area (Å²) >= 11 is 0. The molecule has 36 heavy (non-hydrogen) atoms. The number of aromatic nitrogens is 5. The number of nitrogens with zero attached hydrogens (tertiary/aromatic N) is 8. The Morgan fingerprint density at radius 2 is 1.64 bits per heavy atom. The number of piperazine rings is 1. The van der Waals surface area contributed by atoms with Crippen molar-refractivity contribution in [2.24, 2.45) is 0 Å². The molecule has 2 aromatic heterocycles. The quantitative estimate of drug-likeness (QED) is 0.542. The van der Waals surface area contributed by atoms with Crippen LogP contribution in [0.5, 0.6) is 0 Å². The molecule has 2 aliphatic heterocycles.